The van der Waals surface area contributed by atoms with Gasteiger partial charge in [0.05, 0.1) is 17.1 Å². The van der Waals surface area contributed by atoms with Crippen molar-refractivity contribution in [2.45, 2.75) is 20.1 Å². The van der Waals surface area contributed by atoms with Crippen molar-refractivity contribution in [2.75, 3.05) is 6.54 Å². The van der Waals surface area contributed by atoms with E-state index in [-0.39, 0.29) is 19.0 Å². The van der Waals surface area contributed by atoms with Gasteiger partial charge in [0, 0.05) is 6.54 Å². The number of thioether (sulfide) groups is 1. The molecule has 2 amide bonds. The number of hydrogen-bond acceptors (Lipinski definition) is 7. The van der Waals surface area contributed by atoms with Gasteiger partial charge in [-0.2, -0.15) is 12.7 Å². The summed E-state index contributed by atoms with van der Waals surface area (Å²) in [4.78, 5) is 28.9. The molecule has 2 aliphatic rings. The molecule has 5 rings (SSSR count). The smallest absolute Gasteiger partial charge is 0.304 e. The van der Waals surface area contributed by atoms with Gasteiger partial charge in [-0.1, -0.05) is 54.1 Å². The van der Waals surface area contributed by atoms with Crippen LogP contribution in [-0.2, 0) is 33.0 Å². The number of carbonyl (C=O) groups excluding carboxylic acids is 2. The highest BCUT2D eigenvalue weighted by molar-refractivity contribution is 8.18. The number of nitrogens with zero attached hydrogens (tertiary/aromatic N) is 2. The molecule has 0 saturated carbocycles. The Morgan fingerprint density at radius 2 is 1.66 bits per heavy atom. The molecule has 3 aromatic rings. The Hall–Kier alpha value is -3.93. The molecule has 0 radical (unpaired) electrons. The Bertz CT molecular complexity index is 1530. The molecule has 2 N–H and O–H groups in total. The number of amides is 2. The maximum atomic E-state index is 12.5. The number of ether oxygens (including phenoxy) is 1. The molecule has 9 nitrogen and oxygen atoms in total. The van der Waals surface area contributed by atoms with Crippen molar-refractivity contribution >= 4 is 50.7 Å². The second-order valence-electron chi connectivity index (χ2n) is 8.79. The second kappa shape index (κ2) is 10.8. The Kier molecular flexibility index (Phi) is 7.32. The number of rotatable bonds is 7. The average molecular weight is 549 g/mol. The van der Waals surface area contributed by atoms with Crippen LogP contribution in [0.1, 0.15) is 22.3 Å². The third kappa shape index (κ3) is 6.31. The first kappa shape index (κ1) is 25.7. The van der Waals surface area contributed by atoms with Gasteiger partial charge < -0.3 is 10.1 Å². The van der Waals surface area contributed by atoms with Crippen LogP contribution < -0.4 is 14.8 Å². The van der Waals surface area contributed by atoms with Gasteiger partial charge in [-0.3, -0.25) is 9.59 Å². The summed E-state index contributed by atoms with van der Waals surface area (Å²) in [5, 5.41) is 3.22. The molecule has 38 heavy (non-hydrogen) atoms. The van der Waals surface area contributed by atoms with E-state index in [1.54, 1.807) is 24.3 Å². The predicted octanol–water partition coefficient (Wildman–Crippen LogP) is 3.64. The molecule has 2 saturated heterocycles. The molecule has 0 aromatic heterocycles. The highest BCUT2D eigenvalue weighted by atomic mass is 32.2. The summed E-state index contributed by atoms with van der Waals surface area (Å²) in [6, 6.07) is 22.6. The lowest BCUT2D eigenvalue weighted by Gasteiger charge is -2.12. The van der Waals surface area contributed by atoms with E-state index in [1.807, 2.05) is 66.3 Å². The summed E-state index contributed by atoms with van der Waals surface area (Å²) in [5.41, 5.74) is 4.41. The third-order valence-corrected chi connectivity index (χ3v) is 8.12. The summed E-state index contributed by atoms with van der Waals surface area (Å²) in [6.07, 6.45) is 1.81. The van der Waals surface area contributed by atoms with Crippen molar-refractivity contribution in [1.82, 2.24) is 14.3 Å². The van der Waals surface area contributed by atoms with E-state index in [2.05, 4.69) is 10.3 Å². The van der Waals surface area contributed by atoms with E-state index in [9.17, 15) is 18.0 Å². The van der Waals surface area contributed by atoms with Gasteiger partial charge in [-0.25, -0.2) is 9.71 Å². The molecule has 0 aliphatic carbocycles. The fraction of sp³-hybridized carbons (Fsp3) is 0.148. The number of nitrogens with one attached hydrogen (secondary N) is 2. The Morgan fingerprint density at radius 1 is 0.974 bits per heavy atom. The zero-order chi connectivity index (χ0) is 26.7. The number of amidine groups is 1. The van der Waals surface area contributed by atoms with Crippen LogP contribution in [0.2, 0.25) is 0 Å². The fourth-order valence-corrected chi connectivity index (χ4v) is 5.70. The molecule has 194 valence electrons. The molecule has 2 fully saturated rings. The molecule has 11 heteroatoms. The molecule has 2 aliphatic heterocycles. The van der Waals surface area contributed by atoms with Crippen LogP contribution in [0.5, 0.6) is 5.75 Å². The number of aryl methyl sites for hydroxylation is 1. The van der Waals surface area contributed by atoms with Crippen molar-refractivity contribution in [3.63, 3.8) is 0 Å². The second-order valence-corrected chi connectivity index (χ2v) is 11.5. The fourth-order valence-electron chi connectivity index (χ4n) is 3.77. The Balaban J connectivity index is 1.19. The van der Waals surface area contributed by atoms with E-state index in [0.717, 1.165) is 21.2 Å². The molecule has 0 spiro atoms. The van der Waals surface area contributed by atoms with E-state index < -0.39 is 16.1 Å². The van der Waals surface area contributed by atoms with Crippen molar-refractivity contribution in [2.24, 2.45) is 4.99 Å². The quantitative estimate of drug-likeness (QED) is 0.436. The number of benzene rings is 3. The predicted molar refractivity (Wildman–Crippen MR) is 147 cm³/mol. The summed E-state index contributed by atoms with van der Waals surface area (Å²) in [5.74, 6) is 0.0399. The van der Waals surface area contributed by atoms with Crippen molar-refractivity contribution in [3.8, 4) is 5.75 Å². The molecule has 0 bridgehead atoms. The van der Waals surface area contributed by atoms with Gasteiger partial charge in [0.1, 0.15) is 12.4 Å². The standard InChI is InChI=1S/C27H24N4O5S2/c1-18-2-12-23(13-3-18)36-17-21-6-4-19(5-7-21)14-24-26(33)29-27(37-24)28-22-10-8-20(9-11-22)15-31-16-25(32)30-38(31,34)35/h2-14H,15-17H2,1H3,(H,30,32)(H,28,29,33)/b24-14-. The van der Waals surface area contributed by atoms with E-state index in [1.165, 1.54) is 17.3 Å². The minimum Gasteiger partial charge on any atom is -0.489 e. The lowest BCUT2D eigenvalue weighted by molar-refractivity contribution is -0.118. The lowest BCUT2D eigenvalue weighted by Crippen LogP contribution is -2.29. The number of carbonyl (C=O) groups is 2. The Labute approximate surface area is 224 Å². The average Bonchev–Trinajstić information content (AvgIpc) is 3.36. The van der Waals surface area contributed by atoms with Crippen LogP contribution >= 0.6 is 11.8 Å². The maximum absolute atomic E-state index is 12.5. The third-order valence-electron chi connectivity index (χ3n) is 5.78. The van der Waals surface area contributed by atoms with Gasteiger partial charge in [0.15, 0.2) is 5.17 Å². The van der Waals surface area contributed by atoms with Gasteiger partial charge in [0.2, 0.25) is 5.91 Å². The van der Waals surface area contributed by atoms with Crippen LogP contribution in [0.25, 0.3) is 6.08 Å². The topological polar surface area (TPSA) is 117 Å². The number of aliphatic imine (C=N–C) groups is 1. The van der Waals surface area contributed by atoms with Crippen LogP contribution in [0.4, 0.5) is 5.69 Å². The largest absolute Gasteiger partial charge is 0.489 e. The first-order valence-corrected chi connectivity index (χ1v) is 14.0. The molecule has 3 aromatic carbocycles. The molecule has 2 heterocycles. The van der Waals surface area contributed by atoms with Crippen LogP contribution in [0, 0.1) is 6.92 Å². The van der Waals surface area contributed by atoms with Crippen molar-refractivity contribution < 1.29 is 22.7 Å². The van der Waals surface area contributed by atoms with Gasteiger partial charge in [0.25, 0.3) is 5.91 Å². The van der Waals surface area contributed by atoms with Crippen LogP contribution in [-0.4, -0.2) is 36.2 Å². The first-order chi connectivity index (χ1) is 18.2. The first-order valence-electron chi connectivity index (χ1n) is 11.7. The SMILES string of the molecule is Cc1ccc(OCc2ccc(/C=C3\SC(=Nc4ccc(CN5CC(=O)NS5(=O)=O)cc4)NC3=O)cc2)cc1. The molecule has 0 unspecified atom stereocenters. The van der Waals surface area contributed by atoms with Crippen molar-refractivity contribution in [1.29, 1.82) is 0 Å². The lowest BCUT2D eigenvalue weighted by atomic mass is 10.1. The summed E-state index contributed by atoms with van der Waals surface area (Å²) in [6.45, 7) is 2.36. The van der Waals surface area contributed by atoms with E-state index >= 15 is 0 Å². The maximum Gasteiger partial charge on any atom is 0.304 e. The van der Waals surface area contributed by atoms with Gasteiger partial charge >= 0.3 is 10.2 Å². The van der Waals surface area contributed by atoms with E-state index in [0.29, 0.717) is 27.9 Å². The number of hydrogen-bond donors (Lipinski definition) is 2. The van der Waals surface area contributed by atoms with Crippen molar-refractivity contribution in [3.05, 3.63) is 100.0 Å². The monoisotopic (exact) mass is 548 g/mol. The molecular formula is C27H24N4O5S2. The zero-order valence-electron chi connectivity index (χ0n) is 20.4. The normalized spacial score (nSPS) is 19.1. The molecular weight excluding hydrogens is 524 g/mol. The van der Waals surface area contributed by atoms with Gasteiger partial charge in [-0.15, -0.1) is 0 Å². The minimum absolute atomic E-state index is 0.0766. The Morgan fingerprint density at radius 3 is 2.32 bits per heavy atom. The summed E-state index contributed by atoms with van der Waals surface area (Å²) >= 11 is 1.24. The highest BCUT2D eigenvalue weighted by Crippen LogP contribution is 2.28. The highest BCUT2D eigenvalue weighted by Gasteiger charge is 2.33. The minimum atomic E-state index is -3.78. The molecule has 0 atom stereocenters. The van der Waals surface area contributed by atoms with Gasteiger partial charge in [-0.05, 0) is 65.7 Å². The zero-order valence-corrected chi connectivity index (χ0v) is 22.0. The van der Waals surface area contributed by atoms with E-state index in [4.69, 9.17) is 4.74 Å². The van der Waals surface area contributed by atoms with Crippen LogP contribution in [0.3, 0.4) is 0 Å². The van der Waals surface area contributed by atoms with Crippen LogP contribution in [0.15, 0.2) is 82.7 Å². The summed E-state index contributed by atoms with van der Waals surface area (Å²) < 4.78 is 32.6. The summed E-state index contributed by atoms with van der Waals surface area (Å²) in [7, 11) is -3.78.